The van der Waals surface area contributed by atoms with Gasteiger partial charge in [-0.05, 0) is 24.3 Å². The zero-order valence-corrected chi connectivity index (χ0v) is 14.8. The van der Waals surface area contributed by atoms with Crippen LogP contribution in [0.5, 0.6) is 5.75 Å². The van der Waals surface area contributed by atoms with Gasteiger partial charge in [-0.1, -0.05) is 19.6 Å². The molecule has 0 fully saturated rings. The molecular formula is C17H20F3NO3S. The van der Waals surface area contributed by atoms with E-state index < -0.39 is 18.7 Å². The van der Waals surface area contributed by atoms with E-state index in [1.165, 1.54) is 17.8 Å². The van der Waals surface area contributed by atoms with Crippen molar-refractivity contribution in [1.82, 2.24) is 0 Å². The molecule has 0 saturated carbocycles. The molecular weight excluding hydrogens is 355 g/mol. The van der Waals surface area contributed by atoms with Crippen LogP contribution in [0.15, 0.2) is 42.0 Å². The molecule has 1 aromatic rings. The number of rotatable bonds is 9. The molecule has 0 aliphatic rings. The minimum atomic E-state index is -4.45. The number of hydrogen-bond donors (Lipinski definition) is 2. The first kappa shape index (κ1) is 21.0. The molecule has 25 heavy (non-hydrogen) atoms. The average molecular weight is 375 g/mol. The van der Waals surface area contributed by atoms with Crippen LogP contribution in [0.4, 0.5) is 18.9 Å². The number of nitrogens with one attached hydrogen (secondary N) is 1. The second-order valence-electron chi connectivity index (χ2n) is 5.39. The Labute approximate surface area is 148 Å². The Kier molecular flexibility index (Phi) is 7.41. The normalized spacial score (nSPS) is 12.4. The van der Waals surface area contributed by atoms with Crippen LogP contribution in [-0.2, 0) is 0 Å². The fraction of sp³-hybridized carbons (Fsp3) is 0.353. The Morgan fingerprint density at radius 1 is 1.48 bits per heavy atom. The smallest absolute Gasteiger partial charge is 0.405 e. The van der Waals surface area contributed by atoms with Crippen molar-refractivity contribution in [2.75, 3.05) is 18.1 Å². The van der Waals surface area contributed by atoms with Crippen LogP contribution in [0, 0.1) is 5.92 Å². The van der Waals surface area contributed by atoms with Gasteiger partial charge in [0.25, 0.3) is 0 Å². The van der Waals surface area contributed by atoms with Crippen LogP contribution in [0.3, 0.4) is 0 Å². The van der Waals surface area contributed by atoms with Gasteiger partial charge < -0.3 is 15.2 Å². The Balaban J connectivity index is 3.23. The van der Waals surface area contributed by atoms with Gasteiger partial charge >= 0.3 is 12.1 Å². The molecule has 4 nitrogen and oxygen atoms in total. The fourth-order valence-corrected chi connectivity index (χ4v) is 2.52. The monoisotopic (exact) mass is 375 g/mol. The average Bonchev–Trinajstić information content (AvgIpc) is 2.52. The summed E-state index contributed by atoms with van der Waals surface area (Å²) in [4.78, 5) is 11.6. The van der Waals surface area contributed by atoms with Crippen molar-refractivity contribution in [2.24, 2.45) is 5.92 Å². The van der Waals surface area contributed by atoms with E-state index in [1.54, 1.807) is 12.3 Å². The van der Waals surface area contributed by atoms with E-state index in [0.717, 1.165) is 6.07 Å². The summed E-state index contributed by atoms with van der Waals surface area (Å²) in [5.41, 5.74) is -0.180. The van der Waals surface area contributed by atoms with Crippen LogP contribution >= 0.6 is 11.8 Å². The third-order valence-corrected chi connectivity index (χ3v) is 3.94. The van der Waals surface area contributed by atoms with E-state index in [-0.39, 0.29) is 22.9 Å². The van der Waals surface area contributed by atoms with Crippen molar-refractivity contribution < 1.29 is 27.8 Å². The topological polar surface area (TPSA) is 58.6 Å². The first-order valence-corrected chi connectivity index (χ1v) is 8.54. The summed E-state index contributed by atoms with van der Waals surface area (Å²) in [6.07, 6.45) is -0.627. The molecule has 8 heteroatoms. The van der Waals surface area contributed by atoms with Crippen molar-refractivity contribution in [3.8, 4) is 5.75 Å². The summed E-state index contributed by atoms with van der Waals surface area (Å²) >= 11 is 1.17. The van der Waals surface area contributed by atoms with Crippen molar-refractivity contribution in [3.63, 3.8) is 0 Å². The Morgan fingerprint density at radius 3 is 2.60 bits per heavy atom. The van der Waals surface area contributed by atoms with Crippen LogP contribution in [0.25, 0.3) is 0 Å². The number of halogens is 3. The number of anilines is 1. The van der Waals surface area contributed by atoms with Crippen LogP contribution in [0.2, 0.25) is 0 Å². The zero-order chi connectivity index (χ0) is 19.2. The summed E-state index contributed by atoms with van der Waals surface area (Å²) in [5.74, 6) is -0.685. The van der Waals surface area contributed by atoms with Gasteiger partial charge in [-0.25, -0.2) is 4.79 Å². The van der Waals surface area contributed by atoms with E-state index in [0.29, 0.717) is 17.1 Å². The highest BCUT2D eigenvalue weighted by Crippen LogP contribution is 2.38. The minimum Gasteiger partial charge on any atom is -0.478 e. The van der Waals surface area contributed by atoms with E-state index in [4.69, 9.17) is 9.84 Å². The Bertz CT molecular complexity index is 659. The van der Waals surface area contributed by atoms with Crippen LogP contribution in [-0.4, -0.2) is 30.1 Å². The maximum atomic E-state index is 12.5. The summed E-state index contributed by atoms with van der Waals surface area (Å²) in [7, 11) is 0. The van der Waals surface area contributed by atoms with Gasteiger partial charge in [-0.15, -0.1) is 18.3 Å². The standard InChI is InChI=1S/C17H20F3NO3S/c1-5-10(2)6-11(3)24-15-13(21-9-17(18,19)20)7-12(16(22)23)8-14(15)25-4/h5,7-8,10,21H,1,3,6,9H2,2,4H3,(H,22,23). The lowest BCUT2D eigenvalue weighted by molar-refractivity contribution is -0.115. The number of hydrogen-bond acceptors (Lipinski definition) is 4. The number of thioether (sulfide) groups is 1. The maximum absolute atomic E-state index is 12.5. The second kappa shape index (κ2) is 8.84. The van der Waals surface area contributed by atoms with Gasteiger partial charge in [0.05, 0.1) is 21.9 Å². The minimum absolute atomic E-state index is 0.0472. The molecule has 138 valence electrons. The molecule has 1 rings (SSSR count). The van der Waals surface area contributed by atoms with Crippen LogP contribution < -0.4 is 10.1 Å². The lowest BCUT2D eigenvalue weighted by Gasteiger charge is -2.19. The lowest BCUT2D eigenvalue weighted by Crippen LogP contribution is -2.22. The van der Waals surface area contributed by atoms with Gasteiger partial charge in [0.15, 0.2) is 5.75 Å². The molecule has 0 heterocycles. The number of carboxylic acids is 1. The molecule has 1 atom stereocenters. The largest absolute Gasteiger partial charge is 0.478 e. The molecule has 0 radical (unpaired) electrons. The van der Waals surface area contributed by atoms with Crippen molar-refractivity contribution in [3.05, 3.63) is 42.7 Å². The number of carboxylic acid groups (broad SMARTS) is 1. The third-order valence-electron chi connectivity index (χ3n) is 3.20. The van der Waals surface area contributed by atoms with Gasteiger partial charge in [0.1, 0.15) is 6.54 Å². The fourth-order valence-electron chi connectivity index (χ4n) is 1.94. The molecule has 0 aromatic heterocycles. The summed E-state index contributed by atoms with van der Waals surface area (Å²) < 4.78 is 43.3. The number of aromatic carboxylic acids is 1. The number of allylic oxidation sites excluding steroid dienone is 2. The second-order valence-corrected chi connectivity index (χ2v) is 6.23. The van der Waals surface area contributed by atoms with E-state index in [1.807, 2.05) is 6.92 Å². The highest BCUT2D eigenvalue weighted by molar-refractivity contribution is 7.98. The number of ether oxygens (including phenoxy) is 1. The molecule has 0 bridgehead atoms. The quantitative estimate of drug-likeness (QED) is 0.354. The number of carbonyl (C=O) groups is 1. The Morgan fingerprint density at radius 2 is 2.12 bits per heavy atom. The SMILES string of the molecule is C=CC(C)CC(=C)Oc1c(NCC(F)(F)F)cc(C(=O)O)cc1SC. The van der Waals surface area contributed by atoms with E-state index in [2.05, 4.69) is 18.5 Å². The van der Waals surface area contributed by atoms with Gasteiger partial charge in [0.2, 0.25) is 0 Å². The van der Waals surface area contributed by atoms with Gasteiger partial charge in [-0.2, -0.15) is 13.2 Å². The van der Waals surface area contributed by atoms with E-state index >= 15 is 0 Å². The molecule has 0 amide bonds. The predicted octanol–water partition coefficient (Wildman–Crippen LogP) is 5.19. The van der Waals surface area contributed by atoms with Crippen molar-refractivity contribution >= 4 is 23.4 Å². The molecule has 0 saturated heterocycles. The van der Waals surface area contributed by atoms with Gasteiger partial charge in [0, 0.05) is 6.42 Å². The summed E-state index contributed by atoms with van der Waals surface area (Å²) in [5, 5.41) is 11.4. The zero-order valence-electron chi connectivity index (χ0n) is 13.9. The van der Waals surface area contributed by atoms with Gasteiger partial charge in [-0.3, -0.25) is 0 Å². The molecule has 0 spiro atoms. The lowest BCUT2D eigenvalue weighted by atomic mass is 10.1. The predicted molar refractivity (Wildman–Crippen MR) is 93.5 cm³/mol. The molecule has 2 N–H and O–H groups in total. The molecule has 0 aliphatic carbocycles. The highest BCUT2D eigenvalue weighted by atomic mass is 32.2. The van der Waals surface area contributed by atoms with Crippen LogP contribution in [0.1, 0.15) is 23.7 Å². The van der Waals surface area contributed by atoms with Crippen molar-refractivity contribution in [1.29, 1.82) is 0 Å². The molecule has 1 unspecified atom stereocenters. The molecule has 1 aromatic carbocycles. The molecule has 0 aliphatic heterocycles. The Hall–Kier alpha value is -2.09. The van der Waals surface area contributed by atoms with Crippen molar-refractivity contribution in [2.45, 2.75) is 24.4 Å². The first-order chi connectivity index (χ1) is 11.6. The number of alkyl halides is 3. The summed E-state index contributed by atoms with van der Waals surface area (Å²) in [6.45, 7) is 8.02. The summed E-state index contributed by atoms with van der Waals surface area (Å²) in [6, 6.07) is 2.47. The van der Waals surface area contributed by atoms with E-state index in [9.17, 15) is 18.0 Å². The number of benzene rings is 1. The highest BCUT2D eigenvalue weighted by Gasteiger charge is 2.28. The first-order valence-electron chi connectivity index (χ1n) is 7.31. The third kappa shape index (κ3) is 6.74. The maximum Gasteiger partial charge on any atom is 0.405 e.